The highest BCUT2D eigenvalue weighted by molar-refractivity contribution is 7.99. The predicted molar refractivity (Wildman–Crippen MR) is 102 cm³/mol. The molecule has 1 amide bonds. The van der Waals surface area contributed by atoms with Crippen molar-refractivity contribution in [2.75, 3.05) is 17.7 Å². The third-order valence-corrected chi connectivity index (χ3v) is 5.44. The number of amides is 1. The number of halogens is 1. The van der Waals surface area contributed by atoms with Crippen molar-refractivity contribution in [2.24, 2.45) is 0 Å². The topological polar surface area (TPSA) is 89.0 Å². The van der Waals surface area contributed by atoms with Gasteiger partial charge in [0.05, 0.1) is 29.1 Å². The monoisotopic (exact) mass is 396 g/mol. The number of carbonyl (C=O) groups excluding carboxylic acids is 1. The van der Waals surface area contributed by atoms with Gasteiger partial charge in [0.2, 0.25) is 5.91 Å². The van der Waals surface area contributed by atoms with E-state index in [2.05, 4.69) is 15.5 Å². The number of ether oxygens (including phenoxy) is 1. The van der Waals surface area contributed by atoms with E-state index in [1.807, 2.05) is 26.0 Å². The van der Waals surface area contributed by atoms with E-state index in [0.29, 0.717) is 22.4 Å². The standard InChI is InChI=1S/C17H21ClN4O3S/c1-10-6-11(2)15(13(18)7-10)19-14(23)9-26-17-21-20-16(24)22(17)8-12-4-3-5-25-12/h6-7,12H,3-5,8-9H2,1-2H3,(H,19,23)(H,20,24)/t12-/m0/s1. The molecular weight excluding hydrogens is 376 g/mol. The lowest BCUT2D eigenvalue weighted by Gasteiger charge is -2.12. The van der Waals surface area contributed by atoms with Crippen molar-refractivity contribution in [3.05, 3.63) is 38.8 Å². The molecule has 0 unspecified atom stereocenters. The number of benzene rings is 1. The van der Waals surface area contributed by atoms with Gasteiger partial charge in [0.15, 0.2) is 5.16 Å². The molecule has 0 radical (unpaired) electrons. The van der Waals surface area contributed by atoms with Crippen LogP contribution in [0.4, 0.5) is 5.69 Å². The Morgan fingerprint density at radius 1 is 1.50 bits per heavy atom. The summed E-state index contributed by atoms with van der Waals surface area (Å²) in [7, 11) is 0. The molecule has 1 aromatic heterocycles. The number of aromatic nitrogens is 3. The molecule has 1 fully saturated rings. The Morgan fingerprint density at radius 3 is 3.00 bits per heavy atom. The summed E-state index contributed by atoms with van der Waals surface area (Å²) in [6.07, 6.45) is 1.94. The van der Waals surface area contributed by atoms with Crippen molar-refractivity contribution in [3.63, 3.8) is 0 Å². The van der Waals surface area contributed by atoms with Crippen LogP contribution in [-0.2, 0) is 16.1 Å². The number of hydrogen-bond acceptors (Lipinski definition) is 5. The molecule has 1 aliphatic rings. The second kappa shape index (κ2) is 8.28. The van der Waals surface area contributed by atoms with Gasteiger partial charge in [0.25, 0.3) is 0 Å². The fourth-order valence-corrected chi connectivity index (χ4v) is 4.07. The van der Waals surface area contributed by atoms with Crippen molar-refractivity contribution in [1.82, 2.24) is 14.8 Å². The summed E-state index contributed by atoms with van der Waals surface area (Å²) in [4.78, 5) is 24.2. The van der Waals surface area contributed by atoms with Gasteiger partial charge in [-0.05, 0) is 43.9 Å². The molecule has 1 atom stereocenters. The van der Waals surface area contributed by atoms with E-state index in [4.69, 9.17) is 16.3 Å². The largest absolute Gasteiger partial charge is 0.376 e. The van der Waals surface area contributed by atoms with Crippen LogP contribution in [0.5, 0.6) is 0 Å². The summed E-state index contributed by atoms with van der Waals surface area (Å²) in [5, 5.41) is 10.3. The maximum absolute atomic E-state index is 12.3. The Hall–Kier alpha value is -1.77. The molecular formula is C17H21ClN4O3S. The molecule has 1 aromatic carbocycles. The second-order valence-electron chi connectivity index (χ2n) is 6.33. The zero-order valence-electron chi connectivity index (χ0n) is 14.7. The first-order chi connectivity index (χ1) is 12.4. The molecule has 9 heteroatoms. The van der Waals surface area contributed by atoms with Crippen molar-refractivity contribution in [1.29, 1.82) is 0 Å². The van der Waals surface area contributed by atoms with Crippen LogP contribution in [0.1, 0.15) is 24.0 Å². The molecule has 2 N–H and O–H groups in total. The molecule has 1 saturated heterocycles. The maximum Gasteiger partial charge on any atom is 0.344 e. The first kappa shape index (κ1) is 19.0. The van der Waals surface area contributed by atoms with Crippen molar-refractivity contribution in [2.45, 2.75) is 44.5 Å². The number of carbonyl (C=O) groups is 1. The summed E-state index contributed by atoms with van der Waals surface area (Å²) in [6, 6.07) is 3.77. The molecule has 2 aromatic rings. The van der Waals surface area contributed by atoms with Crippen molar-refractivity contribution in [3.8, 4) is 0 Å². The molecule has 3 rings (SSSR count). The number of nitrogens with zero attached hydrogens (tertiary/aromatic N) is 2. The molecule has 0 saturated carbocycles. The van der Waals surface area contributed by atoms with E-state index in [0.717, 1.165) is 30.6 Å². The third kappa shape index (κ3) is 4.49. The minimum Gasteiger partial charge on any atom is -0.376 e. The van der Waals surface area contributed by atoms with Crippen LogP contribution < -0.4 is 11.0 Å². The average Bonchev–Trinajstić information content (AvgIpc) is 3.21. The van der Waals surface area contributed by atoms with Gasteiger partial charge in [-0.25, -0.2) is 9.89 Å². The summed E-state index contributed by atoms with van der Waals surface area (Å²) in [5.41, 5.74) is 2.26. The highest BCUT2D eigenvalue weighted by Gasteiger charge is 2.20. The Bertz CT molecular complexity index is 835. The Kier molecular flexibility index (Phi) is 6.05. The third-order valence-electron chi connectivity index (χ3n) is 4.16. The Balaban J connectivity index is 1.62. The lowest BCUT2D eigenvalue weighted by atomic mass is 10.1. The number of anilines is 1. The minimum atomic E-state index is -0.291. The van der Waals surface area contributed by atoms with E-state index in [-0.39, 0.29) is 23.5 Å². The van der Waals surface area contributed by atoms with E-state index < -0.39 is 0 Å². The molecule has 7 nitrogen and oxygen atoms in total. The number of aryl methyl sites for hydroxylation is 2. The fourth-order valence-electron chi connectivity index (χ4n) is 2.95. The molecule has 2 heterocycles. The van der Waals surface area contributed by atoms with Crippen molar-refractivity contribution >= 4 is 35.0 Å². The van der Waals surface area contributed by atoms with Gasteiger partial charge in [-0.15, -0.1) is 5.10 Å². The predicted octanol–water partition coefficient (Wildman–Crippen LogP) is 2.75. The molecule has 26 heavy (non-hydrogen) atoms. The fraction of sp³-hybridized carbons (Fsp3) is 0.471. The highest BCUT2D eigenvalue weighted by Crippen LogP contribution is 2.27. The van der Waals surface area contributed by atoms with Crippen LogP contribution in [0.2, 0.25) is 5.02 Å². The van der Waals surface area contributed by atoms with Crippen molar-refractivity contribution < 1.29 is 9.53 Å². The summed E-state index contributed by atoms with van der Waals surface area (Å²) in [6.45, 7) is 5.01. The minimum absolute atomic E-state index is 0.0208. The van der Waals surface area contributed by atoms with Crippen LogP contribution >= 0.6 is 23.4 Å². The molecule has 0 spiro atoms. The zero-order valence-corrected chi connectivity index (χ0v) is 16.2. The highest BCUT2D eigenvalue weighted by atomic mass is 35.5. The van der Waals surface area contributed by atoms with Gasteiger partial charge >= 0.3 is 5.69 Å². The Labute approximate surface area is 160 Å². The number of aromatic amines is 1. The first-order valence-corrected chi connectivity index (χ1v) is 9.76. The zero-order chi connectivity index (χ0) is 18.7. The van der Waals surface area contributed by atoms with Gasteiger partial charge in [-0.2, -0.15) is 0 Å². The quantitative estimate of drug-likeness (QED) is 0.733. The van der Waals surface area contributed by atoms with Crippen LogP contribution in [0.3, 0.4) is 0 Å². The number of nitrogens with one attached hydrogen (secondary N) is 2. The number of hydrogen-bond donors (Lipinski definition) is 2. The lowest BCUT2D eigenvalue weighted by molar-refractivity contribution is -0.113. The average molecular weight is 397 g/mol. The Morgan fingerprint density at radius 2 is 2.31 bits per heavy atom. The van der Waals surface area contributed by atoms with Gasteiger partial charge < -0.3 is 10.1 Å². The first-order valence-electron chi connectivity index (χ1n) is 8.40. The van der Waals surface area contributed by atoms with Crippen LogP contribution in [-0.4, -0.2) is 39.1 Å². The van der Waals surface area contributed by atoms with E-state index in [9.17, 15) is 9.59 Å². The summed E-state index contributed by atoms with van der Waals surface area (Å²) in [5.74, 6) is -0.0811. The van der Waals surface area contributed by atoms with Crippen LogP contribution in [0, 0.1) is 13.8 Å². The second-order valence-corrected chi connectivity index (χ2v) is 7.68. The number of thioether (sulfide) groups is 1. The van der Waals surface area contributed by atoms with Gasteiger partial charge in [0, 0.05) is 6.61 Å². The summed E-state index contributed by atoms with van der Waals surface area (Å²) >= 11 is 7.42. The van der Waals surface area contributed by atoms with Gasteiger partial charge in [0.1, 0.15) is 0 Å². The molecule has 1 aliphatic heterocycles. The number of rotatable bonds is 6. The maximum atomic E-state index is 12.3. The molecule has 140 valence electrons. The van der Waals surface area contributed by atoms with Gasteiger partial charge in [-0.1, -0.05) is 29.4 Å². The molecule has 0 bridgehead atoms. The van der Waals surface area contributed by atoms with Gasteiger partial charge in [-0.3, -0.25) is 9.36 Å². The van der Waals surface area contributed by atoms with E-state index in [1.54, 1.807) is 0 Å². The van der Waals surface area contributed by atoms with E-state index >= 15 is 0 Å². The van der Waals surface area contributed by atoms with Crippen LogP contribution in [0.25, 0.3) is 0 Å². The lowest BCUT2D eigenvalue weighted by Crippen LogP contribution is -2.25. The SMILES string of the molecule is Cc1cc(C)c(NC(=O)CSc2n[nH]c(=O)n2C[C@@H]2CCCO2)c(Cl)c1. The van der Waals surface area contributed by atoms with Crippen LogP contribution in [0.15, 0.2) is 22.1 Å². The smallest absolute Gasteiger partial charge is 0.344 e. The molecule has 0 aliphatic carbocycles. The number of H-pyrrole nitrogens is 1. The summed E-state index contributed by atoms with van der Waals surface area (Å²) < 4.78 is 7.10. The van der Waals surface area contributed by atoms with E-state index in [1.165, 1.54) is 16.3 Å². The normalized spacial score (nSPS) is 16.8.